The van der Waals surface area contributed by atoms with Crippen molar-refractivity contribution in [3.05, 3.63) is 64.7 Å². The third-order valence-corrected chi connectivity index (χ3v) is 4.62. The average Bonchev–Trinajstić information content (AvgIpc) is 2.83. The van der Waals surface area contributed by atoms with E-state index in [4.69, 9.17) is 14.5 Å². The van der Waals surface area contributed by atoms with Gasteiger partial charge >= 0.3 is 5.97 Å². The fourth-order valence-electron chi connectivity index (χ4n) is 3.10. The number of aliphatic imine (C=N–C) groups is 1. The van der Waals surface area contributed by atoms with Gasteiger partial charge in [-0.1, -0.05) is 30.3 Å². The first-order chi connectivity index (χ1) is 13.1. The van der Waals surface area contributed by atoms with Gasteiger partial charge < -0.3 is 14.4 Å². The molecule has 5 nitrogen and oxygen atoms in total. The summed E-state index contributed by atoms with van der Waals surface area (Å²) in [7, 11) is 5.51. The smallest absolute Gasteiger partial charge is 0.305 e. The van der Waals surface area contributed by atoms with E-state index in [1.54, 1.807) is 0 Å². The van der Waals surface area contributed by atoms with Crippen LogP contribution >= 0.6 is 0 Å². The monoisotopic (exact) mass is 366 g/mol. The van der Waals surface area contributed by atoms with Crippen LogP contribution in [0.15, 0.2) is 47.5 Å². The molecule has 0 aromatic heterocycles. The number of carbonyl (C=O) groups excluding carboxylic acids is 1. The Bertz CT molecular complexity index is 843. The van der Waals surface area contributed by atoms with Gasteiger partial charge in [-0.25, -0.2) is 0 Å². The molecule has 2 aromatic carbocycles. The van der Waals surface area contributed by atoms with E-state index in [9.17, 15) is 4.79 Å². The maximum atomic E-state index is 11.5. The molecule has 142 valence electrons. The highest BCUT2D eigenvalue weighted by Gasteiger charge is 2.20. The Morgan fingerprint density at radius 2 is 2.00 bits per heavy atom. The second kappa shape index (κ2) is 8.82. The minimum Gasteiger partial charge on any atom is -0.488 e. The normalized spacial score (nSPS) is 14.3. The number of fused-ring (bicyclic) bond motifs is 2. The third-order valence-electron chi connectivity index (χ3n) is 4.62. The highest BCUT2D eigenvalue weighted by Crippen LogP contribution is 2.30. The molecular formula is C22H26N2O3. The summed E-state index contributed by atoms with van der Waals surface area (Å²) in [6.07, 6.45) is 0.992. The van der Waals surface area contributed by atoms with E-state index in [0.29, 0.717) is 26.0 Å². The molecule has 0 atom stereocenters. The predicted molar refractivity (Wildman–Crippen MR) is 107 cm³/mol. The lowest BCUT2D eigenvalue weighted by Gasteiger charge is -2.13. The molecule has 0 radical (unpaired) electrons. The summed E-state index contributed by atoms with van der Waals surface area (Å²) in [6.45, 7) is 2.11. The summed E-state index contributed by atoms with van der Waals surface area (Å²) >= 11 is 0. The average molecular weight is 366 g/mol. The van der Waals surface area contributed by atoms with E-state index in [2.05, 4.69) is 23.1 Å². The van der Waals surface area contributed by atoms with Crippen LogP contribution in [0.3, 0.4) is 0 Å². The Hall–Kier alpha value is -2.66. The van der Waals surface area contributed by atoms with Crippen LogP contribution in [0.5, 0.6) is 5.75 Å². The molecule has 1 heterocycles. The maximum Gasteiger partial charge on any atom is 0.305 e. The van der Waals surface area contributed by atoms with Crippen molar-refractivity contribution in [2.24, 2.45) is 4.99 Å². The minimum atomic E-state index is -0.202. The van der Waals surface area contributed by atoms with Crippen LogP contribution < -0.4 is 4.74 Å². The van der Waals surface area contributed by atoms with Crippen molar-refractivity contribution >= 4 is 11.7 Å². The topological polar surface area (TPSA) is 51.1 Å². The molecule has 2 aromatic rings. The van der Waals surface area contributed by atoms with Crippen LogP contribution in [-0.2, 0) is 22.6 Å². The number of esters is 1. The first-order valence-electron chi connectivity index (χ1n) is 9.19. The van der Waals surface area contributed by atoms with Gasteiger partial charge in [0, 0.05) is 24.1 Å². The first-order valence-corrected chi connectivity index (χ1v) is 9.19. The number of rotatable bonds is 6. The molecule has 0 amide bonds. The van der Waals surface area contributed by atoms with Gasteiger partial charge in [-0.05, 0) is 43.8 Å². The molecule has 1 aliphatic rings. The van der Waals surface area contributed by atoms with Crippen molar-refractivity contribution in [2.45, 2.75) is 19.4 Å². The molecule has 0 fully saturated rings. The quantitative estimate of drug-likeness (QED) is 0.737. The second-order valence-corrected chi connectivity index (χ2v) is 6.89. The van der Waals surface area contributed by atoms with E-state index in [1.165, 1.54) is 7.11 Å². The van der Waals surface area contributed by atoms with E-state index >= 15 is 0 Å². The maximum absolute atomic E-state index is 11.5. The van der Waals surface area contributed by atoms with Crippen LogP contribution in [0.1, 0.15) is 28.7 Å². The van der Waals surface area contributed by atoms with Gasteiger partial charge in [-0.15, -0.1) is 0 Å². The number of nitrogens with zero attached hydrogens (tertiary/aromatic N) is 2. The molecule has 0 spiro atoms. The predicted octanol–water partition coefficient (Wildman–Crippen LogP) is 3.08. The van der Waals surface area contributed by atoms with Crippen molar-refractivity contribution in [1.82, 2.24) is 4.90 Å². The Morgan fingerprint density at radius 3 is 2.78 bits per heavy atom. The standard InChI is InChI=1S/C22H26N2O3/c1-24(2)13-12-23-22-18-7-5-4-6-17(18)15-27-20-10-8-16(14-19(20)22)9-11-21(25)26-3/h4-8,10,14H,9,11-13,15H2,1-3H3. The Kier molecular flexibility index (Phi) is 6.24. The summed E-state index contributed by atoms with van der Waals surface area (Å²) in [4.78, 5) is 18.5. The minimum absolute atomic E-state index is 0.202. The molecule has 0 unspecified atom stereocenters. The van der Waals surface area contributed by atoms with Gasteiger partial charge in [0.1, 0.15) is 12.4 Å². The molecule has 0 saturated heterocycles. The molecule has 0 bridgehead atoms. The van der Waals surface area contributed by atoms with Crippen molar-refractivity contribution in [3.63, 3.8) is 0 Å². The van der Waals surface area contributed by atoms with Crippen molar-refractivity contribution in [1.29, 1.82) is 0 Å². The number of aryl methyl sites for hydroxylation is 1. The van der Waals surface area contributed by atoms with Gasteiger partial charge in [-0.2, -0.15) is 0 Å². The lowest BCUT2D eigenvalue weighted by atomic mass is 9.96. The highest BCUT2D eigenvalue weighted by molar-refractivity contribution is 6.15. The van der Waals surface area contributed by atoms with E-state index in [0.717, 1.165) is 40.3 Å². The number of ether oxygens (including phenoxy) is 2. The zero-order valence-electron chi connectivity index (χ0n) is 16.2. The summed E-state index contributed by atoms with van der Waals surface area (Å²) < 4.78 is 10.8. The lowest BCUT2D eigenvalue weighted by Crippen LogP contribution is -2.17. The van der Waals surface area contributed by atoms with Crippen LogP contribution in [0, 0.1) is 0 Å². The third kappa shape index (κ3) is 4.74. The van der Waals surface area contributed by atoms with E-state index in [1.807, 2.05) is 38.4 Å². The largest absolute Gasteiger partial charge is 0.488 e. The van der Waals surface area contributed by atoms with Crippen LogP contribution in [-0.4, -0.2) is 50.9 Å². The summed E-state index contributed by atoms with van der Waals surface area (Å²) in [5.41, 5.74) is 5.26. The zero-order valence-corrected chi connectivity index (χ0v) is 16.2. The van der Waals surface area contributed by atoms with Crippen LogP contribution in [0.2, 0.25) is 0 Å². The van der Waals surface area contributed by atoms with Crippen molar-refractivity contribution in [3.8, 4) is 5.75 Å². The first kappa shape index (κ1) is 19.1. The fraction of sp³-hybridized carbons (Fsp3) is 0.364. The van der Waals surface area contributed by atoms with Gasteiger partial charge in [0.05, 0.1) is 19.4 Å². The molecule has 5 heteroatoms. The number of carbonyl (C=O) groups is 1. The second-order valence-electron chi connectivity index (χ2n) is 6.89. The lowest BCUT2D eigenvalue weighted by molar-refractivity contribution is -0.140. The number of hydrogen-bond acceptors (Lipinski definition) is 5. The van der Waals surface area contributed by atoms with Gasteiger partial charge in [0.2, 0.25) is 0 Å². The number of methoxy groups -OCH3 is 1. The SMILES string of the molecule is COC(=O)CCc1ccc2c(c1)C(=NCCN(C)C)c1ccccc1CO2. The van der Waals surface area contributed by atoms with E-state index in [-0.39, 0.29) is 5.97 Å². The zero-order chi connectivity index (χ0) is 19.2. The number of hydrogen-bond donors (Lipinski definition) is 0. The van der Waals surface area contributed by atoms with E-state index < -0.39 is 0 Å². The molecule has 1 aliphatic heterocycles. The molecular weight excluding hydrogens is 340 g/mol. The Balaban J connectivity index is 1.98. The number of benzene rings is 2. The molecule has 0 saturated carbocycles. The van der Waals surface area contributed by atoms with Crippen LogP contribution in [0.25, 0.3) is 0 Å². The summed E-state index contributed by atoms with van der Waals surface area (Å²) in [5, 5.41) is 0. The molecule has 27 heavy (non-hydrogen) atoms. The molecule has 0 aliphatic carbocycles. The van der Waals surface area contributed by atoms with Crippen molar-refractivity contribution < 1.29 is 14.3 Å². The highest BCUT2D eigenvalue weighted by atomic mass is 16.5. The Morgan fingerprint density at radius 1 is 1.19 bits per heavy atom. The van der Waals surface area contributed by atoms with Gasteiger partial charge in [0.25, 0.3) is 0 Å². The fourth-order valence-corrected chi connectivity index (χ4v) is 3.10. The van der Waals surface area contributed by atoms with Crippen molar-refractivity contribution in [2.75, 3.05) is 34.3 Å². The molecule has 3 rings (SSSR count). The summed E-state index contributed by atoms with van der Waals surface area (Å²) in [5.74, 6) is 0.628. The summed E-state index contributed by atoms with van der Waals surface area (Å²) in [6, 6.07) is 14.3. The van der Waals surface area contributed by atoms with Crippen LogP contribution in [0.4, 0.5) is 0 Å². The number of likely N-dealkylation sites (N-methyl/N-ethyl adjacent to an activating group) is 1. The van der Waals surface area contributed by atoms with Gasteiger partial charge in [0.15, 0.2) is 0 Å². The van der Waals surface area contributed by atoms with Gasteiger partial charge in [-0.3, -0.25) is 9.79 Å². The Labute approximate surface area is 160 Å². The molecule has 0 N–H and O–H groups in total.